The molecule has 0 spiro atoms. The maximum absolute atomic E-state index is 6.25. The zero-order chi connectivity index (χ0) is 24.8. The number of aromatic amines is 2. The standard InChI is InChI=1S/C29H27N7O/c1-18-16-36(17-32-18)27-9-5-8-25-23(27)12-26(33-25)28-24-11-20(14-31-29(24)35-34-28)19-10-22(15-30-13-19)37-21-6-3-2-4-7-21/h5,8-17,21,33H,2-4,6-7H2,1H3,(H,31,34,35). The van der Waals surface area contributed by atoms with E-state index in [-0.39, 0.29) is 6.10 Å². The van der Waals surface area contributed by atoms with Gasteiger partial charge in [0.15, 0.2) is 5.65 Å². The van der Waals surface area contributed by atoms with Crippen molar-refractivity contribution < 1.29 is 4.74 Å². The minimum atomic E-state index is 0.282. The third-order valence-corrected chi connectivity index (χ3v) is 7.20. The molecule has 0 radical (unpaired) electrons. The Labute approximate surface area is 213 Å². The van der Waals surface area contributed by atoms with E-state index >= 15 is 0 Å². The maximum atomic E-state index is 6.25. The summed E-state index contributed by atoms with van der Waals surface area (Å²) in [4.78, 5) is 17.0. The first-order valence-corrected chi connectivity index (χ1v) is 12.8. The lowest BCUT2D eigenvalue weighted by molar-refractivity contribution is 0.154. The zero-order valence-corrected chi connectivity index (χ0v) is 20.6. The lowest BCUT2D eigenvalue weighted by Gasteiger charge is -2.23. The summed E-state index contributed by atoms with van der Waals surface area (Å²) in [6.45, 7) is 1.99. The molecule has 0 bridgehead atoms. The molecule has 8 heteroatoms. The highest BCUT2D eigenvalue weighted by Crippen LogP contribution is 2.33. The molecular formula is C29H27N7O. The summed E-state index contributed by atoms with van der Waals surface area (Å²) >= 11 is 0. The summed E-state index contributed by atoms with van der Waals surface area (Å²) in [6.07, 6.45) is 15.7. The highest BCUT2D eigenvalue weighted by Gasteiger charge is 2.17. The topological polar surface area (TPSA) is 97.3 Å². The van der Waals surface area contributed by atoms with E-state index in [9.17, 15) is 0 Å². The molecule has 7 rings (SSSR count). The van der Waals surface area contributed by atoms with Gasteiger partial charge >= 0.3 is 0 Å². The first kappa shape index (κ1) is 21.8. The minimum absolute atomic E-state index is 0.282. The molecule has 2 N–H and O–H groups in total. The number of pyridine rings is 2. The summed E-state index contributed by atoms with van der Waals surface area (Å²) in [5.74, 6) is 0.815. The summed E-state index contributed by atoms with van der Waals surface area (Å²) < 4.78 is 8.30. The van der Waals surface area contributed by atoms with E-state index in [2.05, 4.69) is 60.5 Å². The number of H-pyrrole nitrogens is 2. The molecule has 184 valence electrons. The van der Waals surface area contributed by atoms with Crippen LogP contribution in [0.1, 0.15) is 37.8 Å². The van der Waals surface area contributed by atoms with Gasteiger partial charge in [-0.2, -0.15) is 5.10 Å². The molecule has 5 aromatic heterocycles. The minimum Gasteiger partial charge on any atom is -0.489 e. The third-order valence-electron chi connectivity index (χ3n) is 7.20. The SMILES string of the molecule is Cc1cn(-c2cccc3[nH]c(-c4n[nH]c5ncc(-c6cncc(OC7CCCCC7)c6)cc45)cc23)cn1. The molecule has 6 aromatic rings. The van der Waals surface area contributed by atoms with Crippen LogP contribution in [0.5, 0.6) is 5.75 Å². The average molecular weight is 490 g/mol. The van der Waals surface area contributed by atoms with Crippen LogP contribution >= 0.6 is 0 Å². The fraction of sp³-hybridized carbons (Fsp3) is 0.241. The second-order valence-electron chi connectivity index (χ2n) is 9.82. The van der Waals surface area contributed by atoms with Crippen LogP contribution < -0.4 is 4.74 Å². The highest BCUT2D eigenvalue weighted by atomic mass is 16.5. The Bertz CT molecular complexity index is 1720. The third kappa shape index (κ3) is 4.04. The van der Waals surface area contributed by atoms with Crippen molar-refractivity contribution in [3.8, 4) is 34.0 Å². The van der Waals surface area contributed by atoms with Crippen LogP contribution in [-0.4, -0.2) is 40.8 Å². The lowest BCUT2D eigenvalue weighted by atomic mass is 9.98. The zero-order valence-electron chi connectivity index (χ0n) is 20.6. The van der Waals surface area contributed by atoms with Crippen molar-refractivity contribution in [2.45, 2.75) is 45.1 Å². The van der Waals surface area contributed by atoms with Gasteiger partial charge < -0.3 is 14.3 Å². The molecule has 1 saturated carbocycles. The molecule has 5 heterocycles. The monoisotopic (exact) mass is 489 g/mol. The Morgan fingerprint density at radius 3 is 2.70 bits per heavy atom. The van der Waals surface area contributed by atoms with Gasteiger partial charge in [-0.3, -0.25) is 10.1 Å². The smallest absolute Gasteiger partial charge is 0.155 e. The van der Waals surface area contributed by atoms with Crippen LogP contribution in [0, 0.1) is 6.92 Å². The summed E-state index contributed by atoms with van der Waals surface area (Å²) in [5, 5.41) is 9.76. The van der Waals surface area contributed by atoms with E-state index in [0.29, 0.717) is 0 Å². The van der Waals surface area contributed by atoms with Gasteiger partial charge in [-0.15, -0.1) is 0 Å². The molecule has 37 heavy (non-hydrogen) atoms. The number of benzene rings is 1. The number of aryl methyl sites for hydroxylation is 1. The van der Waals surface area contributed by atoms with Crippen molar-refractivity contribution in [3.63, 3.8) is 0 Å². The van der Waals surface area contributed by atoms with Gasteiger partial charge in [0.25, 0.3) is 0 Å². The Balaban J connectivity index is 1.26. The van der Waals surface area contributed by atoms with Crippen molar-refractivity contribution >= 4 is 21.9 Å². The van der Waals surface area contributed by atoms with Crippen LogP contribution in [0.4, 0.5) is 0 Å². The number of nitrogens with zero attached hydrogens (tertiary/aromatic N) is 5. The summed E-state index contributed by atoms with van der Waals surface area (Å²) in [7, 11) is 0. The first-order valence-electron chi connectivity index (χ1n) is 12.8. The van der Waals surface area contributed by atoms with Crippen LogP contribution in [0.3, 0.4) is 0 Å². The Kier molecular flexibility index (Phi) is 5.23. The molecule has 1 fully saturated rings. The molecule has 0 unspecified atom stereocenters. The fourth-order valence-electron chi connectivity index (χ4n) is 5.33. The molecule has 0 atom stereocenters. The predicted molar refractivity (Wildman–Crippen MR) is 144 cm³/mol. The highest BCUT2D eigenvalue weighted by molar-refractivity contribution is 5.98. The average Bonchev–Trinajstić information content (AvgIpc) is 3.66. The number of aromatic nitrogens is 7. The molecule has 0 saturated heterocycles. The van der Waals surface area contributed by atoms with Gasteiger partial charge in [-0.25, -0.2) is 9.97 Å². The van der Waals surface area contributed by atoms with Gasteiger partial charge in [-0.05, 0) is 62.9 Å². The van der Waals surface area contributed by atoms with E-state index in [1.165, 1.54) is 19.3 Å². The number of hydrogen-bond donors (Lipinski definition) is 2. The molecule has 1 aliphatic carbocycles. The van der Waals surface area contributed by atoms with Crippen LogP contribution in [0.15, 0.2) is 67.5 Å². The predicted octanol–water partition coefficient (Wildman–Crippen LogP) is 6.37. The van der Waals surface area contributed by atoms with E-state index in [0.717, 1.165) is 74.4 Å². The molecule has 1 aromatic carbocycles. The number of nitrogens with one attached hydrogen (secondary N) is 2. The number of imidazole rings is 1. The quantitative estimate of drug-likeness (QED) is 0.293. The molecule has 0 aliphatic heterocycles. The first-order chi connectivity index (χ1) is 18.2. The van der Waals surface area contributed by atoms with Crippen molar-refractivity contribution in [1.82, 2.24) is 34.7 Å². The largest absolute Gasteiger partial charge is 0.489 e. The van der Waals surface area contributed by atoms with Crippen molar-refractivity contribution in [2.24, 2.45) is 0 Å². The fourth-order valence-corrected chi connectivity index (χ4v) is 5.33. The second kappa shape index (κ2) is 8.89. The van der Waals surface area contributed by atoms with Crippen LogP contribution in [-0.2, 0) is 0 Å². The van der Waals surface area contributed by atoms with E-state index in [4.69, 9.17) is 4.74 Å². The van der Waals surface area contributed by atoms with Crippen molar-refractivity contribution in [1.29, 1.82) is 0 Å². The summed E-state index contributed by atoms with van der Waals surface area (Å²) in [5.41, 5.74) is 7.54. The Morgan fingerprint density at radius 1 is 0.946 bits per heavy atom. The lowest BCUT2D eigenvalue weighted by Crippen LogP contribution is -2.19. The van der Waals surface area contributed by atoms with E-state index in [1.54, 1.807) is 6.20 Å². The van der Waals surface area contributed by atoms with E-state index in [1.807, 2.05) is 42.5 Å². The maximum Gasteiger partial charge on any atom is 0.155 e. The van der Waals surface area contributed by atoms with E-state index < -0.39 is 0 Å². The van der Waals surface area contributed by atoms with Crippen molar-refractivity contribution in [3.05, 3.63) is 73.2 Å². The summed E-state index contributed by atoms with van der Waals surface area (Å²) in [6, 6.07) is 12.5. The normalized spacial score (nSPS) is 14.5. The second-order valence-corrected chi connectivity index (χ2v) is 9.82. The van der Waals surface area contributed by atoms with Crippen molar-refractivity contribution in [2.75, 3.05) is 0 Å². The number of ether oxygens (including phenoxy) is 1. The van der Waals surface area contributed by atoms with Crippen LogP contribution in [0.2, 0.25) is 0 Å². The number of fused-ring (bicyclic) bond motifs is 2. The Hall–Kier alpha value is -4.46. The molecular weight excluding hydrogens is 462 g/mol. The number of hydrogen-bond acceptors (Lipinski definition) is 5. The molecule has 0 amide bonds. The number of rotatable bonds is 5. The van der Waals surface area contributed by atoms with Gasteiger partial charge in [0.05, 0.1) is 35.7 Å². The molecule has 1 aliphatic rings. The Morgan fingerprint density at radius 2 is 1.84 bits per heavy atom. The van der Waals surface area contributed by atoms with Gasteiger partial charge in [0.1, 0.15) is 11.4 Å². The molecule has 8 nitrogen and oxygen atoms in total. The van der Waals surface area contributed by atoms with Gasteiger partial charge in [-0.1, -0.05) is 12.5 Å². The van der Waals surface area contributed by atoms with Crippen LogP contribution in [0.25, 0.3) is 50.1 Å². The van der Waals surface area contributed by atoms with Gasteiger partial charge in [0, 0.05) is 46.0 Å². The van der Waals surface area contributed by atoms with Gasteiger partial charge in [0.2, 0.25) is 0 Å².